The quantitative estimate of drug-likeness (QED) is 0.674. The minimum atomic E-state index is -0.541. The van der Waals surface area contributed by atoms with Gasteiger partial charge in [0.25, 0.3) is 0 Å². The van der Waals surface area contributed by atoms with E-state index in [2.05, 4.69) is 24.1 Å². The van der Waals surface area contributed by atoms with Crippen LogP contribution in [0.15, 0.2) is 12.3 Å². The number of rotatable bonds is 3. The van der Waals surface area contributed by atoms with Gasteiger partial charge in [0.15, 0.2) is 0 Å². The summed E-state index contributed by atoms with van der Waals surface area (Å²) in [5.41, 5.74) is 0.162. The molecule has 1 N–H and O–H groups in total. The normalized spacial score (nSPS) is 18.2. The van der Waals surface area contributed by atoms with E-state index in [0.29, 0.717) is 5.41 Å². The summed E-state index contributed by atoms with van der Waals surface area (Å²) in [6, 6.07) is 3.40. The molecule has 0 atom stereocenters. The molecule has 0 aromatic carbocycles. The Morgan fingerprint density at radius 2 is 2.15 bits per heavy atom. The highest BCUT2D eigenvalue weighted by Crippen LogP contribution is 2.37. The average Bonchev–Trinajstić information content (AvgIpc) is 2.40. The molecule has 0 bridgehead atoms. The van der Waals surface area contributed by atoms with E-state index in [4.69, 9.17) is 5.26 Å². The monoisotopic (exact) mass is 274 g/mol. The number of nitriles is 1. The van der Waals surface area contributed by atoms with Crippen LogP contribution in [-0.4, -0.2) is 15.9 Å². The number of pyridine rings is 1. The Hall–Kier alpha value is -2.16. The largest absolute Gasteiger partial charge is 0.362 e. The van der Waals surface area contributed by atoms with E-state index in [9.17, 15) is 10.1 Å². The highest BCUT2D eigenvalue weighted by Gasteiger charge is 2.29. The van der Waals surface area contributed by atoms with Crippen molar-refractivity contribution in [1.29, 1.82) is 5.26 Å². The molecule has 0 radical (unpaired) electrons. The van der Waals surface area contributed by atoms with Crippen LogP contribution in [0.2, 0.25) is 0 Å². The minimum absolute atomic E-state index is 0.0450. The number of nitrogens with zero attached hydrogens (tertiary/aromatic N) is 3. The van der Waals surface area contributed by atoms with Crippen molar-refractivity contribution >= 4 is 11.5 Å². The van der Waals surface area contributed by atoms with Crippen LogP contribution in [0.4, 0.5) is 11.5 Å². The molecule has 1 aliphatic rings. The van der Waals surface area contributed by atoms with Crippen LogP contribution >= 0.6 is 0 Å². The van der Waals surface area contributed by atoms with Gasteiger partial charge in [-0.1, -0.05) is 13.8 Å². The average molecular weight is 274 g/mol. The number of aromatic nitrogens is 1. The molecule has 0 amide bonds. The van der Waals surface area contributed by atoms with E-state index < -0.39 is 4.92 Å². The molecule has 1 aliphatic carbocycles. The summed E-state index contributed by atoms with van der Waals surface area (Å²) in [7, 11) is 0. The summed E-state index contributed by atoms with van der Waals surface area (Å²) in [4.78, 5) is 14.6. The zero-order valence-corrected chi connectivity index (χ0v) is 11.7. The predicted octanol–water partition coefficient (Wildman–Crippen LogP) is 3.24. The van der Waals surface area contributed by atoms with Crippen molar-refractivity contribution in [2.75, 3.05) is 5.32 Å². The summed E-state index contributed by atoms with van der Waals surface area (Å²) >= 11 is 0. The number of nitrogens with one attached hydrogen (secondary N) is 1. The Kier molecular flexibility index (Phi) is 3.89. The van der Waals surface area contributed by atoms with Crippen molar-refractivity contribution in [2.24, 2.45) is 5.41 Å². The van der Waals surface area contributed by atoms with Gasteiger partial charge in [0.2, 0.25) is 5.82 Å². The van der Waals surface area contributed by atoms with Gasteiger partial charge in [-0.2, -0.15) is 5.26 Å². The fourth-order valence-electron chi connectivity index (χ4n) is 2.57. The zero-order chi connectivity index (χ0) is 14.8. The maximum absolute atomic E-state index is 11.1. The Balaban J connectivity index is 2.18. The lowest BCUT2D eigenvalue weighted by atomic mass is 9.75. The Labute approximate surface area is 118 Å². The predicted molar refractivity (Wildman–Crippen MR) is 75.3 cm³/mol. The van der Waals surface area contributed by atoms with Crippen molar-refractivity contribution < 1.29 is 4.92 Å². The first-order chi connectivity index (χ1) is 9.43. The molecule has 2 rings (SSSR count). The Bertz CT molecular complexity index is 553. The first-order valence-corrected chi connectivity index (χ1v) is 6.73. The van der Waals surface area contributed by atoms with Gasteiger partial charge in [0, 0.05) is 12.2 Å². The third-order valence-corrected chi connectivity index (χ3v) is 3.91. The fraction of sp³-hybridized carbons (Fsp3) is 0.571. The molecule has 0 saturated heterocycles. The van der Waals surface area contributed by atoms with Gasteiger partial charge >= 0.3 is 5.69 Å². The first-order valence-electron chi connectivity index (χ1n) is 6.73. The molecule has 6 nitrogen and oxygen atoms in total. The standard InChI is InChI=1S/C14H18N4O2/c1-14(2)6-3-11(4-7-14)17-13-12(18(19)20)10(9-15)5-8-16-13/h5,8,11H,3-4,6-7H2,1-2H3,(H,16,17). The van der Waals surface area contributed by atoms with Crippen LogP contribution in [0, 0.1) is 26.9 Å². The minimum Gasteiger partial charge on any atom is -0.362 e. The number of hydrogen-bond acceptors (Lipinski definition) is 5. The molecular formula is C14H18N4O2. The second kappa shape index (κ2) is 5.45. The molecule has 20 heavy (non-hydrogen) atoms. The maximum atomic E-state index is 11.1. The molecule has 0 unspecified atom stereocenters. The van der Waals surface area contributed by atoms with Crippen molar-refractivity contribution in [3.8, 4) is 6.07 Å². The van der Waals surface area contributed by atoms with Gasteiger partial charge in [0.1, 0.15) is 11.6 Å². The molecule has 1 aromatic heterocycles. The Morgan fingerprint density at radius 1 is 1.50 bits per heavy atom. The smallest absolute Gasteiger partial charge is 0.328 e. The van der Waals surface area contributed by atoms with Crippen LogP contribution in [-0.2, 0) is 0 Å². The molecule has 0 aliphatic heterocycles. The van der Waals surface area contributed by atoms with Crippen molar-refractivity contribution in [3.05, 3.63) is 27.9 Å². The van der Waals surface area contributed by atoms with E-state index in [-0.39, 0.29) is 23.1 Å². The van der Waals surface area contributed by atoms with Gasteiger partial charge in [-0.05, 0) is 37.2 Å². The number of anilines is 1. The van der Waals surface area contributed by atoms with Crippen LogP contribution in [0.1, 0.15) is 45.1 Å². The molecule has 1 heterocycles. The van der Waals surface area contributed by atoms with Gasteiger partial charge in [0.05, 0.1) is 4.92 Å². The molecule has 1 saturated carbocycles. The molecule has 1 fully saturated rings. The summed E-state index contributed by atoms with van der Waals surface area (Å²) < 4.78 is 0. The van der Waals surface area contributed by atoms with Crippen LogP contribution in [0.3, 0.4) is 0 Å². The second-order valence-electron chi connectivity index (χ2n) is 6.01. The second-order valence-corrected chi connectivity index (χ2v) is 6.01. The SMILES string of the molecule is CC1(C)CCC(Nc2nccc(C#N)c2[N+](=O)[O-])CC1. The lowest BCUT2D eigenvalue weighted by Gasteiger charge is -2.34. The fourth-order valence-corrected chi connectivity index (χ4v) is 2.57. The van der Waals surface area contributed by atoms with Crippen LogP contribution in [0.5, 0.6) is 0 Å². The van der Waals surface area contributed by atoms with E-state index >= 15 is 0 Å². The Morgan fingerprint density at radius 3 is 2.70 bits per heavy atom. The van der Waals surface area contributed by atoms with E-state index in [1.807, 2.05) is 6.07 Å². The molecule has 6 heteroatoms. The lowest BCUT2D eigenvalue weighted by molar-refractivity contribution is -0.384. The third-order valence-electron chi connectivity index (χ3n) is 3.91. The molecule has 1 aromatic rings. The summed E-state index contributed by atoms with van der Waals surface area (Å²) in [5.74, 6) is 0.207. The van der Waals surface area contributed by atoms with Crippen LogP contribution in [0.25, 0.3) is 0 Å². The summed E-state index contributed by atoms with van der Waals surface area (Å²) in [6.07, 6.45) is 5.51. The van der Waals surface area contributed by atoms with Gasteiger partial charge in [-0.25, -0.2) is 4.98 Å². The van der Waals surface area contributed by atoms with Gasteiger partial charge < -0.3 is 5.32 Å². The first kappa shape index (κ1) is 14.3. The maximum Gasteiger partial charge on any atom is 0.328 e. The third kappa shape index (κ3) is 3.05. The van der Waals surface area contributed by atoms with E-state index in [1.165, 1.54) is 12.3 Å². The van der Waals surface area contributed by atoms with Crippen molar-refractivity contribution in [3.63, 3.8) is 0 Å². The topological polar surface area (TPSA) is 91.8 Å². The van der Waals surface area contributed by atoms with Crippen molar-refractivity contribution in [1.82, 2.24) is 4.98 Å². The zero-order valence-electron chi connectivity index (χ0n) is 11.7. The lowest BCUT2D eigenvalue weighted by Crippen LogP contribution is -2.30. The molecule has 106 valence electrons. The molecule has 0 spiro atoms. The van der Waals surface area contributed by atoms with Crippen LogP contribution < -0.4 is 5.32 Å². The number of hydrogen-bond donors (Lipinski definition) is 1. The summed E-state index contributed by atoms with van der Waals surface area (Å²) in [6.45, 7) is 4.47. The van der Waals surface area contributed by atoms with E-state index in [1.54, 1.807) is 0 Å². The van der Waals surface area contributed by atoms with Gasteiger partial charge in [-0.15, -0.1) is 0 Å². The highest BCUT2D eigenvalue weighted by molar-refractivity contribution is 5.64. The summed E-state index contributed by atoms with van der Waals surface area (Å²) in [5, 5.41) is 23.2. The molecular weight excluding hydrogens is 256 g/mol. The number of nitro groups is 1. The van der Waals surface area contributed by atoms with Crippen molar-refractivity contribution in [2.45, 2.75) is 45.6 Å². The van der Waals surface area contributed by atoms with E-state index in [0.717, 1.165) is 25.7 Å². The highest BCUT2D eigenvalue weighted by atomic mass is 16.6. The van der Waals surface area contributed by atoms with Gasteiger partial charge in [-0.3, -0.25) is 10.1 Å².